The average molecular weight is 267 g/mol. The number of rotatable bonds is 4. The minimum atomic E-state index is -0.261. The lowest BCUT2D eigenvalue weighted by atomic mass is 10.1. The molecule has 0 spiro atoms. The minimum absolute atomic E-state index is 0.0696. The molecule has 0 unspecified atom stereocenters. The van der Waals surface area contributed by atoms with Crippen molar-refractivity contribution in [2.45, 2.75) is 6.42 Å². The van der Waals surface area contributed by atoms with Crippen molar-refractivity contribution in [2.24, 2.45) is 0 Å². The first-order valence-corrected chi connectivity index (χ1v) is 6.07. The van der Waals surface area contributed by atoms with Gasteiger partial charge in [-0.15, -0.1) is 0 Å². The summed E-state index contributed by atoms with van der Waals surface area (Å²) in [6, 6.07) is 5.48. The molecular formula is C12H13NO4S. The quantitative estimate of drug-likeness (QED) is 0.885. The van der Waals surface area contributed by atoms with Crippen molar-refractivity contribution in [2.75, 3.05) is 14.2 Å². The molecule has 2 aromatic rings. The van der Waals surface area contributed by atoms with Gasteiger partial charge >= 0.3 is 4.87 Å². The number of aromatic hydroxyl groups is 1. The van der Waals surface area contributed by atoms with E-state index in [-0.39, 0.29) is 10.8 Å². The molecule has 2 rings (SSSR count). The molecule has 0 amide bonds. The molecule has 1 heterocycles. The Morgan fingerprint density at radius 1 is 1.28 bits per heavy atom. The predicted molar refractivity (Wildman–Crippen MR) is 69.0 cm³/mol. The Morgan fingerprint density at radius 3 is 2.56 bits per heavy atom. The van der Waals surface area contributed by atoms with Crippen molar-refractivity contribution < 1.29 is 14.6 Å². The molecule has 0 aliphatic carbocycles. The Morgan fingerprint density at radius 2 is 2.00 bits per heavy atom. The number of hydrogen-bond donors (Lipinski definition) is 2. The highest BCUT2D eigenvalue weighted by atomic mass is 32.1. The van der Waals surface area contributed by atoms with Crippen LogP contribution in [0.4, 0.5) is 0 Å². The lowest BCUT2D eigenvalue weighted by molar-refractivity contribution is 0.354. The Balaban J connectivity index is 2.29. The lowest BCUT2D eigenvalue weighted by Gasteiger charge is -2.08. The van der Waals surface area contributed by atoms with E-state index in [2.05, 4.69) is 4.98 Å². The number of H-pyrrole nitrogens is 1. The third-order valence-corrected chi connectivity index (χ3v) is 3.38. The number of ether oxygens (including phenoxy) is 2. The first-order chi connectivity index (χ1) is 8.63. The fraction of sp³-hybridized carbons (Fsp3) is 0.250. The van der Waals surface area contributed by atoms with Gasteiger partial charge in [0, 0.05) is 6.42 Å². The van der Waals surface area contributed by atoms with Crippen LogP contribution in [0.25, 0.3) is 0 Å². The van der Waals surface area contributed by atoms with Crippen molar-refractivity contribution >= 4 is 11.3 Å². The van der Waals surface area contributed by atoms with Gasteiger partial charge in [0.15, 0.2) is 11.5 Å². The van der Waals surface area contributed by atoms with E-state index in [1.165, 1.54) is 0 Å². The van der Waals surface area contributed by atoms with Gasteiger partial charge in [-0.25, -0.2) is 0 Å². The maximum absolute atomic E-state index is 11.1. The molecule has 0 aliphatic heterocycles. The summed E-state index contributed by atoms with van der Waals surface area (Å²) in [5.41, 5.74) is 0.929. The molecule has 2 N–H and O–H groups in total. The minimum Gasteiger partial charge on any atom is -0.494 e. The number of thiazole rings is 1. The summed E-state index contributed by atoms with van der Waals surface area (Å²) in [5, 5.41) is 9.52. The molecule has 0 aliphatic rings. The fourth-order valence-corrected chi connectivity index (χ4v) is 2.41. The fourth-order valence-electron chi connectivity index (χ4n) is 1.65. The molecule has 0 fully saturated rings. The van der Waals surface area contributed by atoms with Crippen LogP contribution in [0.2, 0.25) is 0 Å². The van der Waals surface area contributed by atoms with E-state index >= 15 is 0 Å². The Hall–Kier alpha value is -1.95. The second-order valence-electron chi connectivity index (χ2n) is 3.65. The maximum Gasteiger partial charge on any atom is 0.307 e. The van der Waals surface area contributed by atoms with Crippen molar-refractivity contribution in [1.82, 2.24) is 4.98 Å². The number of methoxy groups -OCH3 is 2. The zero-order valence-corrected chi connectivity index (χ0v) is 10.8. The Bertz CT molecular complexity index is 602. The molecule has 6 heteroatoms. The van der Waals surface area contributed by atoms with E-state index in [0.29, 0.717) is 22.8 Å². The number of nitrogens with one attached hydrogen (secondary N) is 1. The molecule has 5 nitrogen and oxygen atoms in total. The molecule has 0 bridgehead atoms. The summed E-state index contributed by atoms with van der Waals surface area (Å²) >= 11 is 0.999. The zero-order chi connectivity index (χ0) is 13.1. The van der Waals surface area contributed by atoms with Crippen molar-refractivity contribution in [3.05, 3.63) is 38.3 Å². The van der Waals surface area contributed by atoms with Gasteiger partial charge in [-0.3, -0.25) is 9.78 Å². The van der Waals surface area contributed by atoms with Crippen LogP contribution >= 0.6 is 11.3 Å². The summed E-state index contributed by atoms with van der Waals surface area (Å²) in [4.78, 5) is 13.8. The highest BCUT2D eigenvalue weighted by Gasteiger charge is 2.10. The molecule has 96 valence electrons. The molecule has 0 atom stereocenters. The first kappa shape index (κ1) is 12.5. The highest BCUT2D eigenvalue weighted by molar-refractivity contribution is 7.09. The van der Waals surface area contributed by atoms with E-state index < -0.39 is 0 Å². The number of benzene rings is 1. The molecule has 0 saturated carbocycles. The third kappa shape index (κ3) is 2.48. The predicted octanol–water partition coefficient (Wildman–Crippen LogP) is 1.75. The SMILES string of the molecule is COc1ccc(Cc2sc(=O)[nH]c2O)cc1OC. The van der Waals surface area contributed by atoms with Crippen molar-refractivity contribution in [3.8, 4) is 17.4 Å². The van der Waals surface area contributed by atoms with Crippen LogP contribution in [-0.2, 0) is 6.42 Å². The number of aromatic amines is 1. The molecule has 0 saturated heterocycles. The summed E-state index contributed by atoms with van der Waals surface area (Å²) in [5.74, 6) is 1.20. The summed E-state index contributed by atoms with van der Waals surface area (Å²) in [6.45, 7) is 0. The van der Waals surface area contributed by atoms with Crippen LogP contribution in [0.3, 0.4) is 0 Å². The first-order valence-electron chi connectivity index (χ1n) is 5.26. The summed E-state index contributed by atoms with van der Waals surface area (Å²) in [7, 11) is 3.13. The van der Waals surface area contributed by atoms with E-state index in [0.717, 1.165) is 16.9 Å². The smallest absolute Gasteiger partial charge is 0.307 e. The zero-order valence-electron chi connectivity index (χ0n) is 10.0. The second kappa shape index (κ2) is 5.14. The van der Waals surface area contributed by atoms with Crippen LogP contribution in [-0.4, -0.2) is 24.3 Å². The van der Waals surface area contributed by atoms with E-state index in [1.807, 2.05) is 12.1 Å². The Labute approximate surface area is 108 Å². The van der Waals surface area contributed by atoms with Gasteiger partial charge in [0.2, 0.25) is 5.88 Å². The van der Waals surface area contributed by atoms with Crippen molar-refractivity contribution in [3.63, 3.8) is 0 Å². The molecular weight excluding hydrogens is 254 g/mol. The molecule has 1 aromatic carbocycles. The van der Waals surface area contributed by atoms with Gasteiger partial charge in [0.1, 0.15) is 0 Å². The molecule has 1 aromatic heterocycles. The average Bonchev–Trinajstić information content (AvgIpc) is 2.67. The van der Waals surface area contributed by atoms with E-state index in [1.54, 1.807) is 20.3 Å². The van der Waals surface area contributed by atoms with Gasteiger partial charge in [-0.2, -0.15) is 0 Å². The molecule has 18 heavy (non-hydrogen) atoms. The Kier molecular flexibility index (Phi) is 3.57. The summed E-state index contributed by atoms with van der Waals surface area (Å²) < 4.78 is 10.3. The number of aromatic nitrogens is 1. The summed E-state index contributed by atoms with van der Waals surface area (Å²) in [6.07, 6.45) is 0.468. The van der Waals surface area contributed by atoms with Crippen LogP contribution in [0.5, 0.6) is 17.4 Å². The van der Waals surface area contributed by atoms with Gasteiger partial charge in [-0.05, 0) is 17.7 Å². The standard InChI is InChI=1S/C12H13NO4S/c1-16-8-4-3-7(5-9(8)17-2)6-10-11(14)13-12(15)18-10/h3-5,14H,6H2,1-2H3,(H,13,15). The van der Waals surface area contributed by atoms with Crippen LogP contribution in [0.15, 0.2) is 23.0 Å². The normalized spacial score (nSPS) is 10.3. The van der Waals surface area contributed by atoms with Crippen LogP contribution in [0, 0.1) is 0 Å². The van der Waals surface area contributed by atoms with Gasteiger partial charge in [0.05, 0.1) is 19.1 Å². The largest absolute Gasteiger partial charge is 0.494 e. The topological polar surface area (TPSA) is 71.6 Å². The second-order valence-corrected chi connectivity index (χ2v) is 4.72. The van der Waals surface area contributed by atoms with E-state index in [4.69, 9.17) is 9.47 Å². The van der Waals surface area contributed by atoms with Gasteiger partial charge in [-0.1, -0.05) is 17.4 Å². The van der Waals surface area contributed by atoms with E-state index in [9.17, 15) is 9.90 Å². The lowest BCUT2D eigenvalue weighted by Crippen LogP contribution is -1.93. The van der Waals surface area contributed by atoms with Crippen LogP contribution < -0.4 is 14.3 Å². The van der Waals surface area contributed by atoms with Gasteiger partial charge in [0.25, 0.3) is 0 Å². The van der Waals surface area contributed by atoms with Crippen LogP contribution in [0.1, 0.15) is 10.4 Å². The van der Waals surface area contributed by atoms with Crippen molar-refractivity contribution in [1.29, 1.82) is 0 Å². The number of hydrogen-bond acceptors (Lipinski definition) is 5. The monoisotopic (exact) mass is 267 g/mol. The van der Waals surface area contributed by atoms with Gasteiger partial charge < -0.3 is 14.6 Å². The molecule has 0 radical (unpaired) electrons. The maximum atomic E-state index is 11.1. The third-order valence-electron chi connectivity index (χ3n) is 2.51. The highest BCUT2D eigenvalue weighted by Crippen LogP contribution is 2.29.